The summed E-state index contributed by atoms with van der Waals surface area (Å²) in [6.45, 7) is 0.368. The Bertz CT molecular complexity index is 857. The number of ketones is 1. The summed E-state index contributed by atoms with van der Waals surface area (Å²) in [4.78, 5) is 12.4. The molecule has 0 aliphatic heterocycles. The van der Waals surface area contributed by atoms with Crippen LogP contribution in [-0.2, 0) is 6.61 Å². The molecule has 0 aliphatic rings. The number of phenolic OH excluding ortho intramolecular Hbond substituents is 2. The number of carbonyl (C=O) groups is 1. The second-order valence-corrected chi connectivity index (χ2v) is 5.30. The van der Waals surface area contributed by atoms with E-state index in [1.165, 1.54) is 24.3 Å². The molecule has 3 aromatic carbocycles. The van der Waals surface area contributed by atoms with Gasteiger partial charge in [-0.3, -0.25) is 4.79 Å². The van der Waals surface area contributed by atoms with Gasteiger partial charge in [0.05, 0.1) is 11.1 Å². The molecule has 24 heavy (non-hydrogen) atoms. The van der Waals surface area contributed by atoms with Crippen LogP contribution in [0.15, 0.2) is 72.8 Å². The highest BCUT2D eigenvalue weighted by Crippen LogP contribution is 2.28. The summed E-state index contributed by atoms with van der Waals surface area (Å²) in [6, 6.07) is 20.4. The summed E-state index contributed by atoms with van der Waals surface area (Å²) in [5.41, 5.74) is 1.26. The van der Waals surface area contributed by atoms with Crippen LogP contribution >= 0.6 is 0 Å². The molecule has 0 aliphatic carbocycles. The molecule has 120 valence electrons. The van der Waals surface area contributed by atoms with Gasteiger partial charge in [0.25, 0.3) is 0 Å². The van der Waals surface area contributed by atoms with Crippen molar-refractivity contribution < 1.29 is 19.7 Å². The zero-order chi connectivity index (χ0) is 16.9. The predicted molar refractivity (Wildman–Crippen MR) is 90.4 cm³/mol. The lowest BCUT2D eigenvalue weighted by atomic mass is 10.0. The number of ether oxygens (including phenoxy) is 1. The van der Waals surface area contributed by atoms with E-state index in [0.29, 0.717) is 12.4 Å². The highest BCUT2D eigenvalue weighted by Gasteiger charge is 2.17. The maximum Gasteiger partial charge on any atom is 0.200 e. The molecule has 0 spiro atoms. The Morgan fingerprint density at radius 1 is 0.792 bits per heavy atom. The van der Waals surface area contributed by atoms with Crippen molar-refractivity contribution in [2.24, 2.45) is 0 Å². The van der Waals surface area contributed by atoms with Crippen LogP contribution in [0.25, 0.3) is 0 Å². The third kappa shape index (κ3) is 3.38. The van der Waals surface area contributed by atoms with Crippen LogP contribution in [0.3, 0.4) is 0 Å². The van der Waals surface area contributed by atoms with Gasteiger partial charge in [-0.1, -0.05) is 42.5 Å². The molecule has 0 unspecified atom stereocenters. The highest BCUT2D eigenvalue weighted by atomic mass is 16.5. The molecule has 0 amide bonds. The molecule has 3 aromatic rings. The van der Waals surface area contributed by atoms with Gasteiger partial charge < -0.3 is 14.9 Å². The first-order chi connectivity index (χ1) is 11.6. The fourth-order valence-corrected chi connectivity index (χ4v) is 2.34. The first-order valence-corrected chi connectivity index (χ1v) is 7.47. The molecule has 2 N–H and O–H groups in total. The minimum absolute atomic E-state index is 0.114. The van der Waals surface area contributed by atoms with Gasteiger partial charge in [-0.05, 0) is 29.8 Å². The number of aromatic hydroxyl groups is 2. The fourth-order valence-electron chi connectivity index (χ4n) is 2.34. The van der Waals surface area contributed by atoms with E-state index in [4.69, 9.17) is 4.74 Å². The van der Waals surface area contributed by atoms with Crippen molar-refractivity contribution in [2.75, 3.05) is 0 Å². The van der Waals surface area contributed by atoms with Crippen molar-refractivity contribution in [3.05, 3.63) is 89.5 Å². The van der Waals surface area contributed by atoms with Gasteiger partial charge >= 0.3 is 0 Å². The van der Waals surface area contributed by atoms with Crippen LogP contribution in [0, 0.1) is 0 Å². The van der Waals surface area contributed by atoms with E-state index in [9.17, 15) is 15.0 Å². The summed E-state index contributed by atoms with van der Waals surface area (Å²) in [6.07, 6.45) is 0. The third-order valence-electron chi connectivity index (χ3n) is 3.61. The molecule has 0 fully saturated rings. The van der Waals surface area contributed by atoms with E-state index in [-0.39, 0.29) is 22.6 Å². The van der Waals surface area contributed by atoms with E-state index in [1.54, 1.807) is 18.2 Å². The Morgan fingerprint density at radius 2 is 1.46 bits per heavy atom. The van der Waals surface area contributed by atoms with Crippen LogP contribution in [0.5, 0.6) is 17.2 Å². The van der Waals surface area contributed by atoms with E-state index in [0.717, 1.165) is 5.56 Å². The molecular weight excluding hydrogens is 304 g/mol. The van der Waals surface area contributed by atoms with Gasteiger partial charge in [-0.25, -0.2) is 0 Å². The maximum absolute atomic E-state index is 12.4. The molecule has 4 nitrogen and oxygen atoms in total. The van der Waals surface area contributed by atoms with Gasteiger partial charge in [0.2, 0.25) is 0 Å². The van der Waals surface area contributed by atoms with Gasteiger partial charge in [-0.15, -0.1) is 0 Å². The molecule has 0 saturated carbocycles. The number of hydrogen-bond donors (Lipinski definition) is 2. The van der Waals surface area contributed by atoms with Crippen LogP contribution in [-0.4, -0.2) is 16.0 Å². The number of para-hydroxylation sites is 1. The van der Waals surface area contributed by atoms with Gasteiger partial charge in [0, 0.05) is 6.07 Å². The lowest BCUT2D eigenvalue weighted by Crippen LogP contribution is -2.02. The molecule has 0 bridgehead atoms. The average molecular weight is 320 g/mol. The number of phenols is 2. The smallest absolute Gasteiger partial charge is 0.200 e. The summed E-state index contributed by atoms with van der Waals surface area (Å²) in [7, 11) is 0. The normalized spacial score (nSPS) is 10.3. The minimum atomic E-state index is -0.444. The third-order valence-corrected chi connectivity index (χ3v) is 3.61. The maximum atomic E-state index is 12.4. The van der Waals surface area contributed by atoms with Gasteiger partial charge in [0.1, 0.15) is 23.9 Å². The molecular formula is C20H16O4. The molecule has 4 heteroatoms. The van der Waals surface area contributed by atoms with E-state index < -0.39 is 5.78 Å². The van der Waals surface area contributed by atoms with Gasteiger partial charge in [-0.2, -0.15) is 0 Å². The number of rotatable bonds is 5. The zero-order valence-corrected chi connectivity index (χ0v) is 12.8. The van der Waals surface area contributed by atoms with E-state index in [2.05, 4.69) is 0 Å². The Kier molecular flexibility index (Phi) is 4.47. The SMILES string of the molecule is O=C(c1ccccc1O)c1ccc(OCc2ccccc2)cc1O. The summed E-state index contributed by atoms with van der Waals surface area (Å²) in [5.74, 6) is -0.287. The zero-order valence-electron chi connectivity index (χ0n) is 12.8. The van der Waals surface area contributed by atoms with Crippen molar-refractivity contribution in [1.82, 2.24) is 0 Å². The number of benzene rings is 3. The van der Waals surface area contributed by atoms with Gasteiger partial charge in [0.15, 0.2) is 5.78 Å². The first-order valence-electron chi connectivity index (χ1n) is 7.47. The van der Waals surface area contributed by atoms with Crippen LogP contribution in [0.4, 0.5) is 0 Å². The Hall–Kier alpha value is -3.27. The Morgan fingerprint density at radius 3 is 2.17 bits per heavy atom. The Balaban J connectivity index is 1.77. The quantitative estimate of drug-likeness (QED) is 0.700. The Labute approximate surface area is 139 Å². The van der Waals surface area contributed by atoms with Crippen molar-refractivity contribution in [3.8, 4) is 17.2 Å². The molecule has 0 atom stereocenters. The molecule has 0 aromatic heterocycles. The minimum Gasteiger partial charge on any atom is -0.507 e. The standard InChI is InChI=1S/C20H16O4/c21-18-9-5-4-8-16(18)20(23)17-11-10-15(12-19(17)22)24-13-14-6-2-1-3-7-14/h1-12,21-22H,13H2. The molecule has 0 heterocycles. The topological polar surface area (TPSA) is 66.8 Å². The second-order valence-electron chi connectivity index (χ2n) is 5.30. The molecule has 0 radical (unpaired) electrons. The number of hydrogen-bond acceptors (Lipinski definition) is 4. The lowest BCUT2D eigenvalue weighted by molar-refractivity contribution is 0.103. The van der Waals surface area contributed by atoms with E-state index in [1.807, 2.05) is 30.3 Å². The second kappa shape index (κ2) is 6.87. The first kappa shape index (κ1) is 15.6. The highest BCUT2D eigenvalue weighted by molar-refractivity contribution is 6.12. The monoisotopic (exact) mass is 320 g/mol. The lowest BCUT2D eigenvalue weighted by Gasteiger charge is -2.09. The van der Waals surface area contributed by atoms with Crippen molar-refractivity contribution >= 4 is 5.78 Å². The van der Waals surface area contributed by atoms with Crippen LogP contribution in [0.1, 0.15) is 21.5 Å². The van der Waals surface area contributed by atoms with E-state index >= 15 is 0 Å². The van der Waals surface area contributed by atoms with Crippen LogP contribution in [0.2, 0.25) is 0 Å². The van der Waals surface area contributed by atoms with Crippen molar-refractivity contribution in [1.29, 1.82) is 0 Å². The molecule has 0 saturated heterocycles. The predicted octanol–water partition coefficient (Wildman–Crippen LogP) is 3.91. The fraction of sp³-hybridized carbons (Fsp3) is 0.0500. The van der Waals surface area contributed by atoms with Crippen LogP contribution < -0.4 is 4.74 Å². The summed E-state index contributed by atoms with van der Waals surface area (Å²) < 4.78 is 5.62. The van der Waals surface area contributed by atoms with Crippen molar-refractivity contribution in [2.45, 2.75) is 6.61 Å². The number of carbonyl (C=O) groups excluding carboxylic acids is 1. The van der Waals surface area contributed by atoms with Crippen molar-refractivity contribution in [3.63, 3.8) is 0 Å². The average Bonchev–Trinajstić information content (AvgIpc) is 2.61. The molecule has 3 rings (SSSR count). The largest absolute Gasteiger partial charge is 0.507 e. The summed E-state index contributed by atoms with van der Waals surface area (Å²) in [5, 5.41) is 19.9. The summed E-state index contributed by atoms with van der Waals surface area (Å²) >= 11 is 0.